The topological polar surface area (TPSA) is 78.5 Å². The Morgan fingerprint density at radius 1 is 1.88 bits per heavy atom. The summed E-state index contributed by atoms with van der Waals surface area (Å²) in [6.07, 6.45) is 2.43. The van der Waals surface area contributed by atoms with Gasteiger partial charge in [-0.25, -0.2) is 0 Å². The van der Waals surface area contributed by atoms with Crippen molar-refractivity contribution in [2.45, 2.75) is 0 Å². The smallest absolute Gasteiger partial charge is 0.163 e. The fourth-order valence-electron chi connectivity index (χ4n) is 0.349. The predicted octanol–water partition coefficient (Wildman–Crippen LogP) is -0.336. The second-order valence-corrected chi connectivity index (χ2v) is 1.22. The number of aromatic amines is 1. The van der Waals surface area contributed by atoms with Crippen LogP contribution in [0.1, 0.15) is 5.56 Å². The normalized spacial score (nSPS) is 8.38. The van der Waals surface area contributed by atoms with Crippen molar-refractivity contribution < 1.29 is 0 Å². The van der Waals surface area contributed by atoms with Crippen molar-refractivity contribution in [3.05, 3.63) is 11.8 Å². The van der Waals surface area contributed by atoms with Crippen molar-refractivity contribution in [2.75, 3.05) is 5.73 Å². The molecule has 1 aromatic rings. The number of nitrogens with one attached hydrogen (secondary N) is 1. The molecule has 0 aliphatic rings. The molecule has 0 aliphatic heterocycles. The first-order valence-electron chi connectivity index (χ1n) is 1.96. The van der Waals surface area contributed by atoms with E-state index in [2.05, 4.69) is 16.4 Å². The van der Waals surface area contributed by atoms with E-state index in [1.165, 1.54) is 0 Å². The Bertz CT molecular complexity index is 218. The molecule has 1 rings (SSSR count). The van der Waals surface area contributed by atoms with Crippen molar-refractivity contribution in [3.63, 3.8) is 0 Å². The van der Waals surface area contributed by atoms with Gasteiger partial charge in [0.05, 0.1) is 0 Å². The zero-order valence-electron chi connectivity index (χ0n) is 3.97. The van der Waals surface area contributed by atoms with Crippen LogP contribution in [-0.2, 0) is 0 Å². The molecule has 0 fully saturated rings. The summed E-state index contributed by atoms with van der Waals surface area (Å²) in [5, 5.41) is 14.0. The summed E-state index contributed by atoms with van der Waals surface area (Å²) >= 11 is 0. The first kappa shape index (κ1) is 4.65. The summed E-state index contributed by atoms with van der Waals surface area (Å²) < 4.78 is 0. The number of H-pyrrole nitrogens is 1. The van der Waals surface area contributed by atoms with Crippen molar-refractivity contribution in [2.24, 2.45) is 0 Å². The van der Waals surface area contributed by atoms with Crippen LogP contribution < -0.4 is 5.73 Å². The van der Waals surface area contributed by atoms with Gasteiger partial charge in [0.1, 0.15) is 17.8 Å². The predicted molar refractivity (Wildman–Crippen MR) is 26.6 cm³/mol. The van der Waals surface area contributed by atoms with Crippen LogP contribution in [0.15, 0.2) is 0 Å². The first-order valence-corrected chi connectivity index (χ1v) is 1.96. The number of aromatic nitrogens is 2. The molecule has 3 N–H and O–H groups in total. The molecule has 1 radical (unpaired) electrons. The van der Waals surface area contributed by atoms with E-state index >= 15 is 0 Å². The summed E-state index contributed by atoms with van der Waals surface area (Å²) in [5.41, 5.74) is 5.42. The number of rotatable bonds is 0. The van der Waals surface area contributed by atoms with Gasteiger partial charge in [0.2, 0.25) is 0 Å². The number of nitrogens with two attached hydrogens (primary N) is 1. The summed E-state index contributed by atoms with van der Waals surface area (Å²) in [7, 11) is 0. The lowest BCUT2D eigenvalue weighted by molar-refractivity contribution is 1.09. The summed E-state index contributed by atoms with van der Waals surface area (Å²) in [5.74, 6) is 0.201. The van der Waals surface area contributed by atoms with Crippen LogP contribution in [0.3, 0.4) is 0 Å². The highest BCUT2D eigenvalue weighted by Gasteiger charge is 1.96. The molecule has 0 spiro atoms. The zero-order chi connectivity index (χ0) is 5.98. The van der Waals surface area contributed by atoms with Crippen LogP contribution in [-0.4, -0.2) is 10.2 Å². The van der Waals surface area contributed by atoms with Gasteiger partial charge >= 0.3 is 0 Å². The number of nitrogen functional groups attached to an aromatic ring is 1. The van der Waals surface area contributed by atoms with E-state index < -0.39 is 0 Å². The van der Waals surface area contributed by atoms with Crippen molar-refractivity contribution >= 4 is 5.82 Å². The highest BCUT2D eigenvalue weighted by molar-refractivity contribution is 5.44. The molecule has 1 heterocycles. The van der Waals surface area contributed by atoms with E-state index in [1.54, 1.807) is 6.07 Å². The molecule has 0 saturated carbocycles. The Hall–Kier alpha value is -1.50. The van der Waals surface area contributed by atoms with Gasteiger partial charge in [-0.3, -0.25) is 5.10 Å². The minimum atomic E-state index is 0.201. The average Bonchev–Trinajstić information content (AvgIpc) is 2.14. The van der Waals surface area contributed by atoms with E-state index in [0.29, 0.717) is 0 Å². The largest absolute Gasteiger partial charge is 0.381 e. The number of hydrogen-bond donors (Lipinski definition) is 2. The molecular formula is C4H3N4. The highest BCUT2D eigenvalue weighted by Crippen LogP contribution is 2.00. The molecule has 0 bridgehead atoms. The Morgan fingerprint density at radius 3 is 2.88 bits per heavy atom. The molecule has 0 atom stereocenters. The molecule has 4 nitrogen and oxygen atoms in total. The molecule has 0 unspecified atom stereocenters. The maximum absolute atomic E-state index is 8.19. The van der Waals surface area contributed by atoms with Crippen LogP contribution in [0.25, 0.3) is 0 Å². The maximum atomic E-state index is 8.19. The van der Waals surface area contributed by atoms with Crippen LogP contribution in [0.5, 0.6) is 0 Å². The Morgan fingerprint density at radius 2 is 2.62 bits per heavy atom. The minimum Gasteiger partial charge on any atom is -0.381 e. The Kier molecular flexibility index (Phi) is 0.897. The van der Waals surface area contributed by atoms with Crippen LogP contribution in [0.4, 0.5) is 5.82 Å². The molecule has 0 saturated heterocycles. The van der Waals surface area contributed by atoms with E-state index in [9.17, 15) is 0 Å². The number of nitriles is 1. The second kappa shape index (κ2) is 1.54. The number of nitrogens with zero attached hydrogens (tertiary/aromatic N) is 2. The molecule has 39 valence electrons. The van der Waals surface area contributed by atoms with Gasteiger partial charge in [0, 0.05) is 0 Å². The third-order valence-corrected chi connectivity index (χ3v) is 0.725. The number of anilines is 1. The van der Waals surface area contributed by atoms with Gasteiger partial charge < -0.3 is 5.73 Å². The standard InChI is InChI=1S/C4H3N4/c5-1-3-2-7-8-4(3)6/h(H3,6,7,8). The van der Waals surface area contributed by atoms with Gasteiger partial charge in [-0.2, -0.15) is 10.4 Å². The monoisotopic (exact) mass is 107 g/mol. The SMILES string of the molecule is N#Cc1[c][nH]nc1N. The fraction of sp³-hybridized carbons (Fsp3) is 0. The fourth-order valence-corrected chi connectivity index (χ4v) is 0.349. The average molecular weight is 107 g/mol. The third kappa shape index (κ3) is 0.500. The van der Waals surface area contributed by atoms with Gasteiger partial charge in [-0.05, 0) is 0 Å². The lowest BCUT2D eigenvalue weighted by Gasteiger charge is -1.75. The molecule has 0 amide bonds. The summed E-state index contributed by atoms with van der Waals surface area (Å²) in [4.78, 5) is 0. The van der Waals surface area contributed by atoms with E-state index in [4.69, 9.17) is 11.0 Å². The first-order chi connectivity index (χ1) is 3.84. The minimum absolute atomic E-state index is 0.201. The van der Waals surface area contributed by atoms with Gasteiger partial charge in [-0.15, -0.1) is 0 Å². The molecule has 8 heavy (non-hydrogen) atoms. The van der Waals surface area contributed by atoms with Crippen LogP contribution >= 0.6 is 0 Å². The van der Waals surface area contributed by atoms with E-state index in [1.807, 2.05) is 0 Å². The van der Waals surface area contributed by atoms with E-state index in [0.717, 1.165) is 0 Å². The second-order valence-electron chi connectivity index (χ2n) is 1.22. The summed E-state index contributed by atoms with van der Waals surface area (Å²) in [6, 6.07) is 1.80. The quantitative estimate of drug-likeness (QED) is 0.476. The Balaban J connectivity index is 3.15. The Labute approximate surface area is 45.9 Å². The van der Waals surface area contributed by atoms with Crippen molar-refractivity contribution in [1.29, 1.82) is 5.26 Å². The molecular weight excluding hydrogens is 104 g/mol. The van der Waals surface area contributed by atoms with Crippen molar-refractivity contribution in [1.82, 2.24) is 10.2 Å². The van der Waals surface area contributed by atoms with Crippen LogP contribution in [0.2, 0.25) is 0 Å². The van der Waals surface area contributed by atoms with Gasteiger partial charge in [-0.1, -0.05) is 0 Å². The lowest BCUT2D eigenvalue weighted by Crippen LogP contribution is -1.86. The van der Waals surface area contributed by atoms with Crippen LogP contribution in [0, 0.1) is 17.5 Å². The molecule has 0 aromatic carbocycles. The number of hydrogen-bond acceptors (Lipinski definition) is 3. The third-order valence-electron chi connectivity index (χ3n) is 0.725. The molecule has 1 aromatic heterocycles. The highest BCUT2D eigenvalue weighted by atomic mass is 15.1. The van der Waals surface area contributed by atoms with Gasteiger partial charge in [0.25, 0.3) is 0 Å². The lowest BCUT2D eigenvalue weighted by atomic mass is 10.4. The maximum Gasteiger partial charge on any atom is 0.163 e. The molecule has 4 heteroatoms. The zero-order valence-corrected chi connectivity index (χ0v) is 3.97. The van der Waals surface area contributed by atoms with E-state index in [-0.39, 0.29) is 11.4 Å². The van der Waals surface area contributed by atoms with Crippen molar-refractivity contribution in [3.8, 4) is 6.07 Å². The van der Waals surface area contributed by atoms with Gasteiger partial charge in [0.15, 0.2) is 5.82 Å². The summed E-state index contributed by atoms with van der Waals surface area (Å²) in [6.45, 7) is 0. The molecule has 0 aliphatic carbocycles.